The normalized spacial score (nSPS) is 12.1. The monoisotopic (exact) mass is 652 g/mol. The van der Waals surface area contributed by atoms with Crippen LogP contribution in [-0.2, 0) is 79.1 Å². The van der Waals surface area contributed by atoms with E-state index in [2.05, 4.69) is 13.8 Å². The van der Waals surface area contributed by atoms with Crippen molar-refractivity contribution < 1.29 is 60.4 Å². The standard InChI is InChI=1S/C12H27O4P.C8H20O5P2S2.Zn/c1-3-5-7-9-11-15-17(13,14)16-12-10-8-6-4-2;1-5-9-14(16,10-6-2)13-15(17,11-7-3)12-8-4;/h3-12H2,1-2H3,(H,13,14);5-8H2,1-4H3;. The molecule has 0 aliphatic carbocycles. The summed E-state index contributed by atoms with van der Waals surface area (Å²) in [5.74, 6) is 0. The molecule has 0 unspecified atom stereocenters. The number of phosphoric ester groups is 1. The Kier molecular flexibility index (Phi) is 30.8. The van der Waals surface area contributed by atoms with Crippen molar-refractivity contribution >= 4 is 44.9 Å². The molecule has 0 fully saturated rings. The van der Waals surface area contributed by atoms with Gasteiger partial charge in [-0.15, -0.1) is 0 Å². The zero-order valence-corrected chi connectivity index (χ0v) is 29.8. The van der Waals surface area contributed by atoms with E-state index >= 15 is 0 Å². The fraction of sp³-hybridized carbons (Fsp3) is 1.00. The van der Waals surface area contributed by atoms with Crippen LogP contribution in [0.4, 0.5) is 0 Å². The minimum atomic E-state index is -3.79. The summed E-state index contributed by atoms with van der Waals surface area (Å²) in [6.45, 7) is 7.95. The molecule has 0 bridgehead atoms. The summed E-state index contributed by atoms with van der Waals surface area (Å²) in [6.07, 6.45) is 8.26. The van der Waals surface area contributed by atoms with Crippen molar-refractivity contribution in [3.8, 4) is 0 Å². The molecule has 0 radical (unpaired) electrons. The molecule has 0 saturated heterocycles. The summed E-state index contributed by atoms with van der Waals surface area (Å²) in [5, 5.41) is 0. The van der Waals surface area contributed by atoms with Gasteiger partial charge in [0.1, 0.15) is 0 Å². The molecule has 15 heteroatoms. The predicted molar refractivity (Wildman–Crippen MR) is 146 cm³/mol. The molecule has 0 spiro atoms. The molecule has 0 atom stereocenters. The van der Waals surface area contributed by atoms with Gasteiger partial charge in [-0.3, -0.25) is 9.05 Å². The number of phosphoric acid groups is 1. The molecule has 0 heterocycles. The van der Waals surface area contributed by atoms with Gasteiger partial charge in [-0.25, -0.2) is 8.88 Å². The topological polar surface area (TPSA) is 102 Å². The predicted octanol–water partition coefficient (Wildman–Crippen LogP) is 7.88. The molecule has 0 aromatic rings. The first-order valence-corrected chi connectivity index (χ1v) is 18.8. The summed E-state index contributed by atoms with van der Waals surface area (Å²) < 4.78 is 48.0. The van der Waals surface area contributed by atoms with Crippen LogP contribution in [0.5, 0.6) is 0 Å². The Morgan fingerprint density at radius 1 is 0.571 bits per heavy atom. The molecular formula is C20H47O9P3S2Zn. The first-order valence-electron chi connectivity index (χ1n) is 12.2. The van der Waals surface area contributed by atoms with Gasteiger partial charge in [0.05, 0.1) is 39.6 Å². The molecule has 0 amide bonds. The number of rotatable bonds is 22. The van der Waals surface area contributed by atoms with E-state index in [1.807, 2.05) is 27.7 Å². The third kappa shape index (κ3) is 25.9. The average Bonchev–Trinajstić information content (AvgIpc) is 2.74. The van der Waals surface area contributed by atoms with Gasteiger partial charge in [0.25, 0.3) is 0 Å². The van der Waals surface area contributed by atoms with Crippen LogP contribution in [0.15, 0.2) is 0 Å². The molecule has 1 N–H and O–H groups in total. The Balaban J connectivity index is -0.000000569. The molecule has 0 aliphatic rings. The molecule has 0 aromatic heterocycles. The molecule has 0 rings (SSSR count). The van der Waals surface area contributed by atoms with Crippen molar-refractivity contribution in [2.45, 2.75) is 92.9 Å². The molecule has 0 aliphatic heterocycles. The summed E-state index contributed by atoms with van der Waals surface area (Å²) >= 11 is 10.4. The van der Waals surface area contributed by atoms with Crippen LogP contribution >= 0.6 is 21.3 Å². The van der Waals surface area contributed by atoms with Crippen molar-refractivity contribution in [2.75, 3.05) is 39.6 Å². The van der Waals surface area contributed by atoms with Crippen LogP contribution in [0.1, 0.15) is 92.9 Å². The Labute approximate surface area is 236 Å². The molecule has 35 heavy (non-hydrogen) atoms. The zero-order valence-electron chi connectivity index (χ0n) is 22.5. The smallest absolute Gasteiger partial charge is 0.309 e. The average molecular weight is 654 g/mol. The zero-order chi connectivity index (χ0) is 26.3. The Morgan fingerprint density at radius 2 is 0.886 bits per heavy atom. The summed E-state index contributed by atoms with van der Waals surface area (Å²) in [6, 6.07) is 0. The molecule has 0 aromatic carbocycles. The first kappa shape index (κ1) is 41.3. The van der Waals surface area contributed by atoms with Crippen LogP contribution in [0, 0.1) is 0 Å². The third-order valence-electron chi connectivity index (χ3n) is 3.85. The Hall–Kier alpha value is 1.83. The quantitative estimate of drug-likeness (QED) is 0.0701. The van der Waals surface area contributed by atoms with Gasteiger partial charge >= 0.3 is 21.3 Å². The van der Waals surface area contributed by atoms with Gasteiger partial charge in [-0.05, 0) is 64.2 Å². The fourth-order valence-electron chi connectivity index (χ4n) is 2.38. The van der Waals surface area contributed by atoms with Gasteiger partial charge in [-0.2, -0.15) is 0 Å². The molecule has 9 nitrogen and oxygen atoms in total. The van der Waals surface area contributed by atoms with Crippen molar-refractivity contribution in [3.63, 3.8) is 0 Å². The largest absolute Gasteiger partial charge is 0.472 e. The third-order valence-corrected chi connectivity index (χ3v) is 11.2. The van der Waals surface area contributed by atoms with E-state index < -0.39 is 21.3 Å². The van der Waals surface area contributed by atoms with Gasteiger partial charge < -0.3 is 23.0 Å². The summed E-state index contributed by atoms with van der Waals surface area (Å²) in [7, 11) is -3.79. The Morgan fingerprint density at radius 3 is 1.14 bits per heavy atom. The van der Waals surface area contributed by atoms with E-state index in [-0.39, 0.29) is 19.5 Å². The van der Waals surface area contributed by atoms with E-state index in [0.717, 1.165) is 51.4 Å². The number of unbranched alkanes of at least 4 members (excludes halogenated alkanes) is 6. The second kappa shape index (κ2) is 26.1. The van der Waals surface area contributed by atoms with Gasteiger partial charge in [0, 0.05) is 19.5 Å². The Bertz CT molecular complexity index is 552. The number of hydrogen-bond acceptors (Lipinski definition) is 10. The van der Waals surface area contributed by atoms with Gasteiger partial charge in [0.2, 0.25) is 0 Å². The maximum atomic E-state index is 11.4. The van der Waals surface area contributed by atoms with Crippen molar-refractivity contribution in [3.05, 3.63) is 0 Å². The molecule has 210 valence electrons. The molecule has 0 saturated carbocycles. The SMILES string of the molecule is CCCCCCOP(=O)(O)OCCCCCC.CCOP(=S)(OCC)OP(=S)(OCC)OCC.[Zn]. The maximum Gasteiger partial charge on any atom is 0.472 e. The van der Waals surface area contributed by atoms with E-state index in [1.54, 1.807) is 0 Å². The minimum absolute atomic E-state index is 0. The fourth-order valence-corrected chi connectivity index (χ4v) is 9.55. The summed E-state index contributed by atoms with van der Waals surface area (Å²) in [4.78, 5) is 9.34. The van der Waals surface area contributed by atoms with Gasteiger partial charge in [0.15, 0.2) is 0 Å². The maximum absolute atomic E-state index is 11.4. The minimum Gasteiger partial charge on any atom is -0.309 e. The van der Waals surface area contributed by atoms with Crippen molar-refractivity contribution in [1.82, 2.24) is 0 Å². The van der Waals surface area contributed by atoms with Crippen molar-refractivity contribution in [1.29, 1.82) is 0 Å². The van der Waals surface area contributed by atoms with E-state index in [1.165, 1.54) is 0 Å². The molecular weight excluding hydrogens is 607 g/mol. The van der Waals surface area contributed by atoms with Crippen LogP contribution in [0.3, 0.4) is 0 Å². The van der Waals surface area contributed by atoms with E-state index in [9.17, 15) is 9.46 Å². The number of hydrogen-bond donors (Lipinski definition) is 1. The van der Waals surface area contributed by atoms with Crippen LogP contribution < -0.4 is 0 Å². The van der Waals surface area contributed by atoms with E-state index in [0.29, 0.717) is 39.6 Å². The first-order chi connectivity index (χ1) is 16.1. The van der Waals surface area contributed by atoms with E-state index in [4.69, 9.17) is 55.1 Å². The van der Waals surface area contributed by atoms with Crippen LogP contribution in [-0.4, -0.2) is 44.5 Å². The van der Waals surface area contributed by atoms with Crippen LogP contribution in [0.2, 0.25) is 0 Å². The van der Waals surface area contributed by atoms with Crippen molar-refractivity contribution in [2.24, 2.45) is 0 Å². The van der Waals surface area contributed by atoms with Gasteiger partial charge in [-0.1, -0.05) is 52.4 Å². The van der Waals surface area contributed by atoms with Crippen LogP contribution in [0.25, 0.3) is 0 Å². The second-order valence-electron chi connectivity index (χ2n) is 6.90. The summed E-state index contributed by atoms with van der Waals surface area (Å²) in [5.41, 5.74) is 0. The second-order valence-corrected chi connectivity index (χ2v) is 14.5.